The van der Waals surface area contributed by atoms with Crippen LogP contribution in [0.4, 0.5) is 0 Å². The summed E-state index contributed by atoms with van der Waals surface area (Å²) in [6.07, 6.45) is 0.839. The number of nitrogens with zero attached hydrogens (tertiary/aromatic N) is 2. The van der Waals surface area contributed by atoms with Crippen molar-refractivity contribution in [1.29, 1.82) is 5.26 Å². The smallest absolute Gasteiger partial charge is 0.237 e. The number of carbonyl (C=O) groups excluding carboxylic acids is 1. The van der Waals surface area contributed by atoms with Crippen molar-refractivity contribution < 1.29 is 9.90 Å². The fourth-order valence-corrected chi connectivity index (χ4v) is 1.77. The Bertz CT molecular complexity index is 234. The lowest BCUT2D eigenvalue weighted by Crippen LogP contribution is -2.39. The molecule has 1 heterocycles. The number of nitriles is 1. The maximum Gasteiger partial charge on any atom is 0.237 e. The second-order valence-electron chi connectivity index (χ2n) is 3.44. The third kappa shape index (κ3) is 1.99. The van der Waals surface area contributed by atoms with E-state index in [4.69, 9.17) is 10.4 Å². The van der Waals surface area contributed by atoms with E-state index in [1.165, 1.54) is 0 Å². The normalized spacial score (nSPS) is 27.3. The first-order valence-electron chi connectivity index (χ1n) is 4.48. The van der Waals surface area contributed by atoms with E-state index in [1.807, 2.05) is 13.0 Å². The lowest BCUT2D eigenvalue weighted by molar-refractivity contribution is -0.132. The topological polar surface area (TPSA) is 64.3 Å². The molecule has 0 spiro atoms. The molecule has 4 heteroatoms. The second kappa shape index (κ2) is 4.24. The van der Waals surface area contributed by atoms with E-state index in [0.29, 0.717) is 12.5 Å². The standard InChI is InChI=1S/C9H14N2O2/c1-7-3-5-11(8(7)6-12)9(13)2-4-10/h7-8,12H,2-3,5-6H2,1H3. The molecule has 1 aliphatic rings. The summed E-state index contributed by atoms with van der Waals surface area (Å²) in [4.78, 5) is 13.0. The molecule has 0 aromatic rings. The SMILES string of the molecule is CC1CCN(C(=O)CC#N)C1CO. The zero-order chi connectivity index (χ0) is 9.84. The van der Waals surface area contributed by atoms with Gasteiger partial charge < -0.3 is 10.0 Å². The van der Waals surface area contributed by atoms with Gasteiger partial charge in [-0.3, -0.25) is 4.79 Å². The van der Waals surface area contributed by atoms with E-state index in [2.05, 4.69) is 0 Å². The molecule has 2 unspecified atom stereocenters. The summed E-state index contributed by atoms with van der Waals surface area (Å²) in [6, 6.07) is 1.75. The van der Waals surface area contributed by atoms with Gasteiger partial charge in [-0.25, -0.2) is 0 Å². The van der Waals surface area contributed by atoms with Crippen LogP contribution in [-0.2, 0) is 4.79 Å². The van der Waals surface area contributed by atoms with E-state index < -0.39 is 0 Å². The van der Waals surface area contributed by atoms with Gasteiger partial charge in [0.05, 0.1) is 18.7 Å². The molecule has 0 aliphatic carbocycles. The molecule has 1 saturated heterocycles. The minimum absolute atomic E-state index is 0.00165. The number of hydrogen-bond donors (Lipinski definition) is 1. The van der Waals surface area contributed by atoms with Crippen LogP contribution in [0.15, 0.2) is 0 Å². The van der Waals surface area contributed by atoms with Gasteiger partial charge in [0.15, 0.2) is 0 Å². The van der Waals surface area contributed by atoms with Crippen LogP contribution in [-0.4, -0.2) is 35.1 Å². The van der Waals surface area contributed by atoms with Crippen molar-refractivity contribution in [3.05, 3.63) is 0 Å². The molecule has 13 heavy (non-hydrogen) atoms. The van der Waals surface area contributed by atoms with Gasteiger partial charge in [0.2, 0.25) is 5.91 Å². The second-order valence-corrected chi connectivity index (χ2v) is 3.44. The number of aliphatic hydroxyl groups is 1. The number of hydrogen-bond acceptors (Lipinski definition) is 3. The summed E-state index contributed by atoms with van der Waals surface area (Å²) < 4.78 is 0. The van der Waals surface area contributed by atoms with Crippen LogP contribution < -0.4 is 0 Å². The van der Waals surface area contributed by atoms with Crippen molar-refractivity contribution in [3.63, 3.8) is 0 Å². The Morgan fingerprint density at radius 2 is 2.46 bits per heavy atom. The molecule has 1 aliphatic heterocycles. The maximum atomic E-state index is 11.4. The van der Waals surface area contributed by atoms with Crippen molar-refractivity contribution in [2.75, 3.05) is 13.2 Å². The number of aliphatic hydroxyl groups excluding tert-OH is 1. The minimum Gasteiger partial charge on any atom is -0.394 e. The van der Waals surface area contributed by atoms with Crippen LogP contribution in [0.1, 0.15) is 19.8 Å². The van der Waals surface area contributed by atoms with Crippen molar-refractivity contribution in [2.24, 2.45) is 5.92 Å². The third-order valence-electron chi connectivity index (χ3n) is 2.62. The van der Waals surface area contributed by atoms with E-state index in [-0.39, 0.29) is 25.0 Å². The molecule has 72 valence electrons. The highest BCUT2D eigenvalue weighted by Gasteiger charge is 2.33. The molecule has 0 radical (unpaired) electrons. The molecule has 0 bridgehead atoms. The molecule has 0 aromatic carbocycles. The van der Waals surface area contributed by atoms with Crippen LogP contribution in [0.2, 0.25) is 0 Å². The van der Waals surface area contributed by atoms with Crippen molar-refractivity contribution in [1.82, 2.24) is 4.90 Å². The highest BCUT2D eigenvalue weighted by molar-refractivity contribution is 5.78. The average Bonchev–Trinajstić information content (AvgIpc) is 2.47. The summed E-state index contributed by atoms with van der Waals surface area (Å²) >= 11 is 0. The quantitative estimate of drug-likeness (QED) is 0.660. The van der Waals surface area contributed by atoms with Gasteiger partial charge in [0, 0.05) is 6.54 Å². The summed E-state index contributed by atoms with van der Waals surface area (Å²) in [6.45, 7) is 2.69. The largest absolute Gasteiger partial charge is 0.394 e. The molecule has 1 amide bonds. The molecule has 1 fully saturated rings. The first kappa shape index (κ1) is 10.0. The number of carbonyl (C=O) groups is 1. The van der Waals surface area contributed by atoms with Crippen LogP contribution in [0.25, 0.3) is 0 Å². The van der Waals surface area contributed by atoms with Crippen molar-refractivity contribution in [2.45, 2.75) is 25.8 Å². The fourth-order valence-electron chi connectivity index (χ4n) is 1.77. The first-order valence-corrected chi connectivity index (χ1v) is 4.48. The molecule has 0 saturated carbocycles. The number of rotatable bonds is 2. The summed E-state index contributed by atoms with van der Waals surface area (Å²) in [7, 11) is 0. The van der Waals surface area contributed by atoms with Crippen LogP contribution in [0.5, 0.6) is 0 Å². The Kier molecular flexibility index (Phi) is 3.26. The average molecular weight is 182 g/mol. The predicted octanol–water partition coefficient (Wildman–Crippen LogP) is 0.129. The van der Waals surface area contributed by atoms with Crippen molar-refractivity contribution in [3.8, 4) is 6.07 Å². The number of likely N-dealkylation sites (tertiary alicyclic amines) is 1. The Labute approximate surface area is 77.8 Å². The van der Waals surface area contributed by atoms with Crippen LogP contribution >= 0.6 is 0 Å². The molecule has 0 aromatic heterocycles. The van der Waals surface area contributed by atoms with E-state index in [1.54, 1.807) is 4.90 Å². The fraction of sp³-hybridized carbons (Fsp3) is 0.778. The summed E-state index contributed by atoms with van der Waals surface area (Å²) in [5.74, 6) is 0.179. The van der Waals surface area contributed by atoms with E-state index in [0.717, 1.165) is 6.42 Å². The van der Waals surface area contributed by atoms with Gasteiger partial charge in [-0.1, -0.05) is 6.92 Å². The highest BCUT2D eigenvalue weighted by Crippen LogP contribution is 2.23. The Balaban J connectivity index is 2.60. The van der Waals surface area contributed by atoms with Gasteiger partial charge in [-0.2, -0.15) is 5.26 Å². The van der Waals surface area contributed by atoms with Gasteiger partial charge in [0.25, 0.3) is 0 Å². The maximum absolute atomic E-state index is 11.4. The van der Waals surface area contributed by atoms with Crippen LogP contribution in [0.3, 0.4) is 0 Å². The number of amides is 1. The molecular weight excluding hydrogens is 168 g/mol. The molecule has 1 rings (SSSR count). The lowest BCUT2D eigenvalue weighted by Gasteiger charge is -2.24. The lowest BCUT2D eigenvalue weighted by atomic mass is 10.0. The highest BCUT2D eigenvalue weighted by atomic mass is 16.3. The van der Waals surface area contributed by atoms with Gasteiger partial charge in [-0.15, -0.1) is 0 Å². The van der Waals surface area contributed by atoms with Crippen molar-refractivity contribution >= 4 is 5.91 Å². The zero-order valence-corrected chi connectivity index (χ0v) is 7.73. The monoisotopic (exact) mass is 182 g/mol. The third-order valence-corrected chi connectivity index (χ3v) is 2.62. The molecule has 1 N–H and O–H groups in total. The molecule has 4 nitrogen and oxygen atoms in total. The minimum atomic E-state index is -0.161. The Hall–Kier alpha value is -1.08. The molecular formula is C9H14N2O2. The summed E-state index contributed by atoms with van der Waals surface area (Å²) in [5.41, 5.74) is 0. The van der Waals surface area contributed by atoms with E-state index >= 15 is 0 Å². The van der Waals surface area contributed by atoms with Gasteiger partial charge in [-0.05, 0) is 12.3 Å². The predicted molar refractivity (Wildman–Crippen MR) is 46.6 cm³/mol. The van der Waals surface area contributed by atoms with Crippen LogP contribution in [0, 0.1) is 17.2 Å². The van der Waals surface area contributed by atoms with Gasteiger partial charge in [0.1, 0.15) is 6.42 Å². The molecule has 2 atom stereocenters. The Morgan fingerprint density at radius 3 is 3.00 bits per heavy atom. The Morgan fingerprint density at radius 1 is 1.77 bits per heavy atom. The van der Waals surface area contributed by atoms with Gasteiger partial charge >= 0.3 is 0 Å². The van der Waals surface area contributed by atoms with E-state index in [9.17, 15) is 4.79 Å². The zero-order valence-electron chi connectivity index (χ0n) is 7.73. The first-order chi connectivity index (χ1) is 6.20. The summed E-state index contributed by atoms with van der Waals surface area (Å²) in [5, 5.41) is 17.4.